The summed E-state index contributed by atoms with van der Waals surface area (Å²) in [7, 11) is -3.62. The maximum absolute atomic E-state index is 13.2. The number of sulfonamides is 1. The van der Waals surface area contributed by atoms with Gasteiger partial charge < -0.3 is 10.1 Å². The molecule has 2 heterocycles. The Morgan fingerprint density at radius 2 is 1.85 bits per heavy atom. The van der Waals surface area contributed by atoms with Crippen molar-refractivity contribution in [2.45, 2.75) is 24.2 Å². The van der Waals surface area contributed by atoms with Crippen molar-refractivity contribution in [3.05, 3.63) is 89.7 Å². The summed E-state index contributed by atoms with van der Waals surface area (Å²) in [5, 5.41) is 2.83. The van der Waals surface area contributed by atoms with Crippen LogP contribution in [0.4, 0.5) is 0 Å². The maximum Gasteiger partial charge on any atom is 0.251 e. The van der Waals surface area contributed by atoms with Gasteiger partial charge in [0.2, 0.25) is 10.0 Å². The number of benzene rings is 2. The molecule has 1 amide bonds. The normalized spacial score (nSPS) is 13.0. The predicted molar refractivity (Wildman–Crippen MR) is 133 cm³/mol. The van der Waals surface area contributed by atoms with Gasteiger partial charge in [-0.05, 0) is 66.8 Å². The summed E-state index contributed by atoms with van der Waals surface area (Å²) in [6, 6.07) is 17.7. The first kappa shape index (κ1) is 25.7. The number of amides is 1. The SMILES string of the molecule is Cl.O=C1NCCc2cc(OCCCN(CCc3cccnc3)S(=O)(=O)c3ccccc3)ccc21. The van der Waals surface area contributed by atoms with E-state index in [1.54, 1.807) is 54.9 Å². The number of pyridine rings is 1. The summed E-state index contributed by atoms with van der Waals surface area (Å²) in [6.45, 7) is 1.69. The molecule has 0 unspecified atom stereocenters. The van der Waals surface area contributed by atoms with Gasteiger partial charge in [-0.2, -0.15) is 4.31 Å². The fraction of sp³-hybridized carbons (Fsp3) is 0.280. The van der Waals surface area contributed by atoms with Crippen LogP contribution in [-0.4, -0.2) is 49.9 Å². The summed E-state index contributed by atoms with van der Waals surface area (Å²) in [4.78, 5) is 16.3. The number of carbonyl (C=O) groups excluding carboxylic acids is 1. The quantitative estimate of drug-likeness (QED) is 0.429. The van der Waals surface area contributed by atoms with Crippen molar-refractivity contribution in [1.82, 2.24) is 14.6 Å². The Labute approximate surface area is 206 Å². The number of ether oxygens (including phenoxy) is 1. The van der Waals surface area contributed by atoms with Crippen molar-refractivity contribution < 1.29 is 17.9 Å². The van der Waals surface area contributed by atoms with E-state index >= 15 is 0 Å². The molecule has 1 aliphatic rings. The zero-order valence-electron chi connectivity index (χ0n) is 18.7. The largest absolute Gasteiger partial charge is 0.494 e. The van der Waals surface area contributed by atoms with Crippen molar-refractivity contribution in [2.75, 3.05) is 26.2 Å². The molecule has 0 atom stereocenters. The van der Waals surface area contributed by atoms with Crippen molar-refractivity contribution >= 4 is 28.3 Å². The second kappa shape index (κ2) is 12.0. The minimum Gasteiger partial charge on any atom is -0.494 e. The standard InChI is InChI=1S/C25H27N3O4S.ClH/c29-25-24-10-9-22(18-21(24)11-14-27-25)32-17-5-15-28(16-12-20-6-4-13-26-19-20)33(30,31)23-7-2-1-3-8-23;/h1-4,6-10,13,18-19H,5,11-12,14-17H2,(H,27,29);1H. The van der Waals surface area contributed by atoms with Gasteiger partial charge in [0.1, 0.15) is 5.75 Å². The van der Waals surface area contributed by atoms with E-state index in [4.69, 9.17) is 4.74 Å². The van der Waals surface area contributed by atoms with Crippen molar-refractivity contribution in [3.8, 4) is 5.75 Å². The van der Waals surface area contributed by atoms with E-state index in [0.29, 0.717) is 50.4 Å². The fourth-order valence-electron chi connectivity index (χ4n) is 3.82. The molecule has 0 saturated carbocycles. The Bertz CT molecular complexity index is 1190. The second-order valence-electron chi connectivity index (χ2n) is 7.86. The van der Waals surface area contributed by atoms with E-state index in [-0.39, 0.29) is 23.2 Å². The van der Waals surface area contributed by atoms with Crippen molar-refractivity contribution in [2.24, 2.45) is 0 Å². The Morgan fingerprint density at radius 3 is 2.62 bits per heavy atom. The van der Waals surface area contributed by atoms with Crippen molar-refractivity contribution in [1.29, 1.82) is 0 Å². The number of nitrogens with one attached hydrogen (secondary N) is 1. The molecule has 3 aromatic rings. The lowest BCUT2D eigenvalue weighted by Crippen LogP contribution is -2.34. The molecule has 0 saturated heterocycles. The molecule has 2 aromatic carbocycles. The smallest absolute Gasteiger partial charge is 0.251 e. The molecule has 0 bridgehead atoms. The van der Waals surface area contributed by atoms with E-state index in [2.05, 4.69) is 10.3 Å². The van der Waals surface area contributed by atoms with E-state index in [1.807, 2.05) is 18.2 Å². The molecule has 180 valence electrons. The molecule has 1 aliphatic heterocycles. The highest BCUT2D eigenvalue weighted by Crippen LogP contribution is 2.21. The van der Waals surface area contributed by atoms with Crippen LogP contribution in [-0.2, 0) is 22.9 Å². The van der Waals surface area contributed by atoms with E-state index < -0.39 is 10.0 Å². The van der Waals surface area contributed by atoms with Crippen LogP contribution in [0.5, 0.6) is 5.75 Å². The first-order valence-corrected chi connectivity index (χ1v) is 12.5. The lowest BCUT2D eigenvalue weighted by Gasteiger charge is -2.22. The number of nitrogens with zero attached hydrogens (tertiary/aromatic N) is 2. The van der Waals surface area contributed by atoms with Crippen LogP contribution < -0.4 is 10.1 Å². The maximum atomic E-state index is 13.2. The van der Waals surface area contributed by atoms with Crippen LogP contribution in [0.1, 0.15) is 27.9 Å². The van der Waals surface area contributed by atoms with Crippen LogP contribution >= 0.6 is 12.4 Å². The third-order valence-corrected chi connectivity index (χ3v) is 7.49. The highest BCUT2D eigenvalue weighted by molar-refractivity contribution is 7.89. The third kappa shape index (κ3) is 6.34. The molecular weight excluding hydrogens is 474 g/mol. The molecule has 0 aliphatic carbocycles. The van der Waals surface area contributed by atoms with Crippen LogP contribution in [0.3, 0.4) is 0 Å². The van der Waals surface area contributed by atoms with Crippen LogP contribution in [0.2, 0.25) is 0 Å². The Hall–Kier alpha value is -2.94. The Balaban J connectivity index is 0.00000324. The molecule has 1 N–H and O–H groups in total. The van der Waals surface area contributed by atoms with Gasteiger partial charge in [0, 0.05) is 37.6 Å². The van der Waals surface area contributed by atoms with Gasteiger partial charge in [-0.3, -0.25) is 9.78 Å². The fourth-order valence-corrected chi connectivity index (χ4v) is 5.32. The molecule has 0 radical (unpaired) electrons. The summed E-state index contributed by atoms with van der Waals surface area (Å²) in [5.74, 6) is 0.634. The molecule has 9 heteroatoms. The number of fused-ring (bicyclic) bond motifs is 1. The Morgan fingerprint density at radius 1 is 1.03 bits per heavy atom. The number of rotatable bonds is 10. The van der Waals surface area contributed by atoms with Crippen LogP contribution in [0, 0.1) is 0 Å². The number of halogens is 1. The van der Waals surface area contributed by atoms with Crippen molar-refractivity contribution in [3.63, 3.8) is 0 Å². The highest BCUT2D eigenvalue weighted by Gasteiger charge is 2.24. The summed E-state index contributed by atoms with van der Waals surface area (Å²) < 4.78 is 33.9. The molecule has 34 heavy (non-hydrogen) atoms. The monoisotopic (exact) mass is 501 g/mol. The number of aromatic nitrogens is 1. The Kier molecular flexibility index (Phi) is 9.04. The van der Waals surface area contributed by atoms with Gasteiger partial charge >= 0.3 is 0 Å². The summed E-state index contributed by atoms with van der Waals surface area (Å²) in [5.41, 5.74) is 2.64. The van der Waals surface area contributed by atoms with Crippen LogP contribution in [0.25, 0.3) is 0 Å². The van der Waals surface area contributed by atoms with Gasteiger partial charge in [0.15, 0.2) is 0 Å². The minimum absolute atomic E-state index is 0. The first-order chi connectivity index (χ1) is 16.0. The lowest BCUT2D eigenvalue weighted by molar-refractivity contribution is 0.0946. The predicted octanol–water partition coefficient (Wildman–Crippen LogP) is 3.49. The molecular formula is C25H28ClN3O4S. The molecule has 4 rings (SSSR count). The number of hydrogen-bond donors (Lipinski definition) is 1. The first-order valence-electron chi connectivity index (χ1n) is 11.0. The van der Waals surface area contributed by atoms with Gasteiger partial charge in [-0.25, -0.2) is 8.42 Å². The molecule has 1 aromatic heterocycles. The van der Waals surface area contributed by atoms with Gasteiger partial charge in [-0.15, -0.1) is 12.4 Å². The number of carbonyl (C=O) groups is 1. The summed E-state index contributed by atoms with van der Waals surface area (Å²) >= 11 is 0. The molecule has 0 fully saturated rings. The third-order valence-electron chi connectivity index (χ3n) is 5.58. The average molecular weight is 502 g/mol. The van der Waals surface area contributed by atoms with Gasteiger partial charge in [0.25, 0.3) is 5.91 Å². The van der Waals surface area contributed by atoms with Gasteiger partial charge in [-0.1, -0.05) is 24.3 Å². The van der Waals surface area contributed by atoms with E-state index in [9.17, 15) is 13.2 Å². The second-order valence-corrected chi connectivity index (χ2v) is 9.79. The minimum atomic E-state index is -3.62. The lowest BCUT2D eigenvalue weighted by atomic mass is 10.0. The summed E-state index contributed by atoms with van der Waals surface area (Å²) in [6.07, 6.45) is 5.35. The number of hydrogen-bond acceptors (Lipinski definition) is 5. The van der Waals surface area contributed by atoms with Crippen LogP contribution in [0.15, 0.2) is 78.0 Å². The molecule has 7 nitrogen and oxygen atoms in total. The molecule has 0 spiro atoms. The average Bonchev–Trinajstić information content (AvgIpc) is 2.84. The van der Waals surface area contributed by atoms with E-state index in [1.165, 1.54) is 4.31 Å². The topological polar surface area (TPSA) is 88.6 Å². The highest BCUT2D eigenvalue weighted by atomic mass is 35.5. The zero-order valence-corrected chi connectivity index (χ0v) is 20.4. The van der Waals surface area contributed by atoms with Gasteiger partial charge in [0.05, 0.1) is 11.5 Å². The van der Waals surface area contributed by atoms with E-state index in [0.717, 1.165) is 17.5 Å². The zero-order chi connectivity index (χ0) is 23.1.